The third-order valence-electron chi connectivity index (χ3n) is 4.61. The summed E-state index contributed by atoms with van der Waals surface area (Å²) in [7, 11) is 0. The van der Waals surface area contributed by atoms with E-state index in [-0.39, 0.29) is 0 Å². The van der Waals surface area contributed by atoms with Crippen molar-refractivity contribution < 1.29 is 4.74 Å². The van der Waals surface area contributed by atoms with Gasteiger partial charge in [-0.25, -0.2) is 0 Å². The van der Waals surface area contributed by atoms with Crippen LogP contribution in [0.2, 0.25) is 0 Å². The molecule has 0 radical (unpaired) electrons. The standard InChI is InChI=1S/C13H26N2O/c1-11-7-15(8-12(11)2)10-13(9-14)3-5-16-6-4-13/h11-12H,3-10,14H2,1-2H3. The first-order valence-corrected chi connectivity index (χ1v) is 6.65. The number of likely N-dealkylation sites (tertiary alicyclic amines) is 1. The third-order valence-corrected chi connectivity index (χ3v) is 4.61. The molecular formula is C13H26N2O. The molecule has 2 heterocycles. The van der Waals surface area contributed by atoms with Crippen molar-refractivity contribution in [2.75, 3.05) is 39.4 Å². The molecule has 2 aliphatic heterocycles. The Kier molecular flexibility index (Phi) is 3.88. The van der Waals surface area contributed by atoms with Gasteiger partial charge in [-0.05, 0) is 36.6 Å². The summed E-state index contributed by atoms with van der Waals surface area (Å²) in [6.07, 6.45) is 2.28. The van der Waals surface area contributed by atoms with Crippen LogP contribution in [0.1, 0.15) is 26.7 Å². The van der Waals surface area contributed by atoms with Crippen molar-refractivity contribution in [2.24, 2.45) is 23.0 Å². The van der Waals surface area contributed by atoms with E-state index in [2.05, 4.69) is 18.7 Å². The van der Waals surface area contributed by atoms with Crippen LogP contribution in [-0.2, 0) is 4.74 Å². The van der Waals surface area contributed by atoms with Crippen LogP contribution >= 0.6 is 0 Å². The van der Waals surface area contributed by atoms with E-state index in [4.69, 9.17) is 10.5 Å². The lowest BCUT2D eigenvalue weighted by Crippen LogP contribution is -2.45. The van der Waals surface area contributed by atoms with Crippen LogP contribution in [0.15, 0.2) is 0 Å². The lowest BCUT2D eigenvalue weighted by Gasteiger charge is -2.39. The molecule has 0 aliphatic carbocycles. The first-order chi connectivity index (χ1) is 7.65. The second-order valence-electron chi connectivity index (χ2n) is 5.97. The molecule has 0 bridgehead atoms. The van der Waals surface area contributed by atoms with Gasteiger partial charge < -0.3 is 15.4 Å². The van der Waals surface area contributed by atoms with Crippen LogP contribution in [0.25, 0.3) is 0 Å². The van der Waals surface area contributed by atoms with Crippen LogP contribution in [0, 0.1) is 17.3 Å². The average molecular weight is 226 g/mol. The lowest BCUT2D eigenvalue weighted by atomic mass is 9.80. The highest BCUT2D eigenvalue weighted by Crippen LogP contribution is 2.33. The van der Waals surface area contributed by atoms with Gasteiger partial charge in [0, 0.05) is 32.8 Å². The van der Waals surface area contributed by atoms with Crippen molar-refractivity contribution in [1.29, 1.82) is 0 Å². The van der Waals surface area contributed by atoms with E-state index >= 15 is 0 Å². The minimum atomic E-state index is 0.335. The summed E-state index contributed by atoms with van der Waals surface area (Å²) >= 11 is 0. The smallest absolute Gasteiger partial charge is 0.0472 e. The molecule has 3 heteroatoms. The van der Waals surface area contributed by atoms with Crippen molar-refractivity contribution in [3.05, 3.63) is 0 Å². The van der Waals surface area contributed by atoms with Gasteiger partial charge in [-0.1, -0.05) is 13.8 Å². The van der Waals surface area contributed by atoms with Gasteiger partial charge in [-0.15, -0.1) is 0 Å². The summed E-state index contributed by atoms with van der Waals surface area (Å²) in [4.78, 5) is 2.62. The number of rotatable bonds is 3. The highest BCUT2D eigenvalue weighted by Gasteiger charge is 2.36. The van der Waals surface area contributed by atoms with Gasteiger partial charge in [0.15, 0.2) is 0 Å². The Labute approximate surface area is 99.3 Å². The average Bonchev–Trinajstić information content (AvgIpc) is 2.59. The van der Waals surface area contributed by atoms with E-state index < -0.39 is 0 Å². The normalized spacial score (nSPS) is 35.4. The molecule has 2 unspecified atom stereocenters. The quantitative estimate of drug-likeness (QED) is 0.789. The van der Waals surface area contributed by atoms with Crippen LogP contribution in [0.4, 0.5) is 0 Å². The Balaban J connectivity index is 1.91. The van der Waals surface area contributed by atoms with Gasteiger partial charge in [-0.3, -0.25) is 0 Å². The maximum atomic E-state index is 6.00. The Morgan fingerprint density at radius 3 is 2.25 bits per heavy atom. The van der Waals surface area contributed by atoms with E-state index in [1.807, 2.05) is 0 Å². The molecule has 0 aromatic carbocycles. The molecule has 2 fully saturated rings. The van der Waals surface area contributed by atoms with E-state index in [1.165, 1.54) is 19.6 Å². The van der Waals surface area contributed by atoms with E-state index in [1.54, 1.807) is 0 Å². The molecule has 3 nitrogen and oxygen atoms in total. The van der Waals surface area contributed by atoms with Gasteiger partial charge >= 0.3 is 0 Å². The molecule has 0 aromatic rings. The molecule has 94 valence electrons. The lowest BCUT2D eigenvalue weighted by molar-refractivity contribution is 0.00267. The monoisotopic (exact) mass is 226 g/mol. The molecule has 2 rings (SSSR count). The first-order valence-electron chi connectivity index (χ1n) is 6.65. The second kappa shape index (κ2) is 5.03. The summed E-state index contributed by atoms with van der Waals surface area (Å²) in [5.74, 6) is 1.68. The fourth-order valence-electron chi connectivity index (χ4n) is 3.08. The summed E-state index contributed by atoms with van der Waals surface area (Å²) in [6.45, 7) is 11.0. The Hall–Kier alpha value is -0.120. The predicted molar refractivity (Wildman–Crippen MR) is 66.3 cm³/mol. The van der Waals surface area contributed by atoms with Crippen molar-refractivity contribution in [2.45, 2.75) is 26.7 Å². The van der Waals surface area contributed by atoms with Crippen molar-refractivity contribution in [3.8, 4) is 0 Å². The van der Waals surface area contributed by atoms with Crippen molar-refractivity contribution >= 4 is 0 Å². The van der Waals surface area contributed by atoms with Crippen LogP contribution < -0.4 is 5.73 Å². The highest BCUT2D eigenvalue weighted by molar-refractivity contribution is 4.89. The summed E-state index contributed by atoms with van der Waals surface area (Å²) in [5, 5.41) is 0. The fraction of sp³-hybridized carbons (Fsp3) is 1.00. The molecule has 0 saturated carbocycles. The van der Waals surface area contributed by atoms with Crippen molar-refractivity contribution in [3.63, 3.8) is 0 Å². The Morgan fingerprint density at radius 1 is 1.19 bits per heavy atom. The zero-order valence-corrected chi connectivity index (χ0v) is 10.7. The summed E-state index contributed by atoms with van der Waals surface area (Å²) in [5.41, 5.74) is 6.34. The number of ether oxygens (including phenoxy) is 1. The zero-order chi connectivity index (χ0) is 11.6. The maximum absolute atomic E-state index is 6.00. The number of nitrogens with two attached hydrogens (primary N) is 1. The minimum Gasteiger partial charge on any atom is -0.381 e. The molecule has 2 N–H and O–H groups in total. The first kappa shape index (κ1) is 12.3. The molecule has 2 saturated heterocycles. The molecule has 0 spiro atoms. The summed E-state index contributed by atoms with van der Waals surface area (Å²) < 4.78 is 5.46. The predicted octanol–water partition coefficient (Wildman–Crippen LogP) is 1.33. The Morgan fingerprint density at radius 2 is 1.75 bits per heavy atom. The molecule has 2 atom stereocenters. The SMILES string of the molecule is CC1CN(CC2(CN)CCOCC2)CC1C. The third kappa shape index (κ3) is 2.58. The largest absolute Gasteiger partial charge is 0.381 e. The number of hydrogen-bond donors (Lipinski definition) is 1. The van der Waals surface area contributed by atoms with Crippen LogP contribution in [-0.4, -0.2) is 44.3 Å². The molecule has 0 aromatic heterocycles. The van der Waals surface area contributed by atoms with Gasteiger partial charge in [-0.2, -0.15) is 0 Å². The van der Waals surface area contributed by atoms with E-state index in [0.29, 0.717) is 5.41 Å². The van der Waals surface area contributed by atoms with Crippen LogP contribution in [0.3, 0.4) is 0 Å². The van der Waals surface area contributed by atoms with Gasteiger partial charge in [0.05, 0.1) is 0 Å². The van der Waals surface area contributed by atoms with Gasteiger partial charge in [0.2, 0.25) is 0 Å². The number of nitrogens with zero attached hydrogens (tertiary/aromatic N) is 1. The van der Waals surface area contributed by atoms with Gasteiger partial charge in [0.25, 0.3) is 0 Å². The van der Waals surface area contributed by atoms with E-state index in [9.17, 15) is 0 Å². The van der Waals surface area contributed by atoms with Crippen LogP contribution in [0.5, 0.6) is 0 Å². The van der Waals surface area contributed by atoms with E-state index in [0.717, 1.165) is 44.4 Å². The molecule has 0 amide bonds. The maximum Gasteiger partial charge on any atom is 0.0472 e. The molecule has 16 heavy (non-hydrogen) atoms. The fourth-order valence-corrected chi connectivity index (χ4v) is 3.08. The highest BCUT2D eigenvalue weighted by atomic mass is 16.5. The number of hydrogen-bond acceptors (Lipinski definition) is 3. The second-order valence-corrected chi connectivity index (χ2v) is 5.97. The summed E-state index contributed by atoms with van der Waals surface area (Å²) in [6, 6.07) is 0. The minimum absolute atomic E-state index is 0.335. The van der Waals surface area contributed by atoms with Crippen molar-refractivity contribution in [1.82, 2.24) is 4.90 Å². The topological polar surface area (TPSA) is 38.5 Å². The molecular weight excluding hydrogens is 200 g/mol. The zero-order valence-electron chi connectivity index (χ0n) is 10.7. The van der Waals surface area contributed by atoms with Gasteiger partial charge in [0.1, 0.15) is 0 Å². The Bertz CT molecular complexity index is 216. The molecule has 2 aliphatic rings.